The second kappa shape index (κ2) is 4.85. The first kappa shape index (κ1) is 13.6. The lowest BCUT2D eigenvalue weighted by Gasteiger charge is -2.08. The molecule has 0 unspecified atom stereocenters. The summed E-state index contributed by atoms with van der Waals surface area (Å²) in [5.74, 6) is 0. The van der Waals surface area contributed by atoms with Crippen molar-refractivity contribution in [3.63, 3.8) is 0 Å². The minimum Gasteiger partial charge on any atom is -0.237 e. The van der Waals surface area contributed by atoms with Crippen LogP contribution in [-0.2, 0) is 10.0 Å². The highest BCUT2D eigenvalue weighted by molar-refractivity contribution is 14.1. The van der Waals surface area contributed by atoms with Crippen LogP contribution in [0.4, 0.5) is 0 Å². The molecule has 1 aromatic carbocycles. The van der Waals surface area contributed by atoms with Crippen molar-refractivity contribution in [2.45, 2.75) is 11.8 Å². The van der Waals surface area contributed by atoms with Gasteiger partial charge in [0.05, 0.1) is 4.90 Å². The number of aromatic nitrogens is 2. The molecule has 0 aliphatic heterocycles. The Balaban J connectivity index is 2.39. The van der Waals surface area contributed by atoms with Gasteiger partial charge in [0.25, 0.3) is 10.0 Å². The highest BCUT2D eigenvalue weighted by Gasteiger charge is 2.24. The van der Waals surface area contributed by atoms with Gasteiger partial charge < -0.3 is 0 Å². The summed E-state index contributed by atoms with van der Waals surface area (Å²) in [7, 11) is -3.63. The predicted molar refractivity (Wildman–Crippen MR) is 86.2 cm³/mol. The number of halogens is 1. The molecular formula is C14H11IN2O2S. The van der Waals surface area contributed by atoms with Gasteiger partial charge in [-0.2, -0.15) is 0 Å². The summed E-state index contributed by atoms with van der Waals surface area (Å²) in [6, 6.07) is 12.1. The Morgan fingerprint density at radius 2 is 1.80 bits per heavy atom. The third-order valence-corrected chi connectivity index (χ3v) is 6.48. The van der Waals surface area contributed by atoms with Crippen LogP contribution < -0.4 is 0 Å². The maximum absolute atomic E-state index is 12.8. The Hall–Kier alpha value is -1.41. The van der Waals surface area contributed by atoms with E-state index >= 15 is 0 Å². The molecule has 6 heteroatoms. The average molecular weight is 398 g/mol. The number of benzene rings is 1. The van der Waals surface area contributed by atoms with Crippen LogP contribution in [0.1, 0.15) is 5.56 Å². The summed E-state index contributed by atoms with van der Waals surface area (Å²) in [5.41, 5.74) is 1.39. The summed E-state index contributed by atoms with van der Waals surface area (Å²) in [6.45, 7) is 1.91. The van der Waals surface area contributed by atoms with Crippen LogP contribution in [0.3, 0.4) is 0 Å². The monoisotopic (exact) mass is 398 g/mol. The van der Waals surface area contributed by atoms with E-state index in [1.54, 1.807) is 36.5 Å². The Kier molecular flexibility index (Phi) is 3.29. The van der Waals surface area contributed by atoms with Crippen molar-refractivity contribution in [2.75, 3.05) is 0 Å². The highest BCUT2D eigenvalue weighted by atomic mass is 127. The molecule has 0 N–H and O–H groups in total. The molecular weight excluding hydrogens is 387 g/mol. The lowest BCUT2D eigenvalue weighted by molar-refractivity contribution is 0.587. The first-order chi connectivity index (χ1) is 9.53. The standard InChI is InChI=1S/C14H11IN2O2S/c1-10-12-8-5-9-16-14(12)17(13(10)15)20(18,19)11-6-3-2-4-7-11/h2-9H,1H3. The van der Waals surface area contributed by atoms with Crippen molar-refractivity contribution < 1.29 is 8.42 Å². The third-order valence-electron chi connectivity index (χ3n) is 3.15. The molecule has 0 aliphatic carbocycles. The van der Waals surface area contributed by atoms with E-state index in [9.17, 15) is 8.42 Å². The molecule has 3 aromatic rings. The molecule has 0 saturated carbocycles. The van der Waals surface area contributed by atoms with E-state index in [1.165, 1.54) is 3.97 Å². The molecule has 0 fully saturated rings. The van der Waals surface area contributed by atoms with Gasteiger partial charge in [0, 0.05) is 11.6 Å². The van der Waals surface area contributed by atoms with Gasteiger partial charge in [0.1, 0.15) is 3.70 Å². The molecule has 0 amide bonds. The molecule has 0 atom stereocenters. The van der Waals surface area contributed by atoms with Crippen molar-refractivity contribution in [1.82, 2.24) is 8.96 Å². The number of aryl methyl sites for hydroxylation is 1. The van der Waals surface area contributed by atoms with Gasteiger partial charge in [-0.1, -0.05) is 18.2 Å². The molecule has 0 spiro atoms. The van der Waals surface area contributed by atoms with E-state index in [0.29, 0.717) is 9.35 Å². The highest BCUT2D eigenvalue weighted by Crippen LogP contribution is 2.29. The van der Waals surface area contributed by atoms with Crippen LogP contribution in [0.15, 0.2) is 53.6 Å². The topological polar surface area (TPSA) is 52.0 Å². The molecule has 2 heterocycles. The number of pyridine rings is 1. The van der Waals surface area contributed by atoms with E-state index in [1.807, 2.05) is 19.1 Å². The molecule has 0 saturated heterocycles. The number of rotatable bonds is 2. The maximum atomic E-state index is 12.8. The minimum atomic E-state index is -3.63. The summed E-state index contributed by atoms with van der Waals surface area (Å²) < 4.78 is 27.6. The van der Waals surface area contributed by atoms with E-state index in [2.05, 4.69) is 27.6 Å². The molecule has 20 heavy (non-hydrogen) atoms. The van der Waals surface area contributed by atoms with Gasteiger partial charge >= 0.3 is 0 Å². The Morgan fingerprint density at radius 3 is 2.50 bits per heavy atom. The lowest BCUT2D eigenvalue weighted by Crippen LogP contribution is -2.15. The van der Waals surface area contributed by atoms with Crippen molar-refractivity contribution >= 4 is 43.6 Å². The average Bonchev–Trinajstić information content (AvgIpc) is 2.73. The van der Waals surface area contributed by atoms with Gasteiger partial charge in [-0.25, -0.2) is 17.4 Å². The molecule has 0 aliphatic rings. The van der Waals surface area contributed by atoms with Crippen LogP contribution in [0.25, 0.3) is 11.0 Å². The minimum absolute atomic E-state index is 0.264. The van der Waals surface area contributed by atoms with Crippen LogP contribution in [0.2, 0.25) is 0 Å². The maximum Gasteiger partial charge on any atom is 0.270 e. The normalized spacial score (nSPS) is 11.9. The van der Waals surface area contributed by atoms with Gasteiger partial charge in [-0.3, -0.25) is 0 Å². The summed E-state index contributed by atoms with van der Waals surface area (Å²) in [4.78, 5) is 4.50. The van der Waals surface area contributed by atoms with Gasteiger partial charge in [-0.05, 0) is 59.3 Å². The molecule has 0 bridgehead atoms. The van der Waals surface area contributed by atoms with Crippen molar-refractivity contribution in [3.05, 3.63) is 57.9 Å². The molecule has 2 aromatic heterocycles. The van der Waals surface area contributed by atoms with E-state index in [0.717, 1.165) is 10.9 Å². The van der Waals surface area contributed by atoms with Crippen LogP contribution in [0.5, 0.6) is 0 Å². The van der Waals surface area contributed by atoms with Crippen molar-refractivity contribution in [1.29, 1.82) is 0 Å². The van der Waals surface area contributed by atoms with Crippen LogP contribution >= 0.6 is 22.6 Å². The van der Waals surface area contributed by atoms with Crippen molar-refractivity contribution in [2.24, 2.45) is 0 Å². The Labute approximate surface area is 130 Å². The van der Waals surface area contributed by atoms with Gasteiger partial charge in [0.15, 0.2) is 5.65 Å². The van der Waals surface area contributed by atoms with Crippen molar-refractivity contribution in [3.8, 4) is 0 Å². The molecule has 4 nitrogen and oxygen atoms in total. The summed E-state index contributed by atoms with van der Waals surface area (Å²) in [6.07, 6.45) is 1.61. The van der Waals surface area contributed by atoms with Crippen LogP contribution in [0, 0.1) is 10.6 Å². The smallest absolute Gasteiger partial charge is 0.237 e. The zero-order chi connectivity index (χ0) is 14.3. The van der Waals surface area contributed by atoms with E-state index in [4.69, 9.17) is 0 Å². The number of nitrogens with zero attached hydrogens (tertiary/aromatic N) is 2. The quantitative estimate of drug-likeness (QED) is 0.624. The fourth-order valence-electron chi connectivity index (χ4n) is 2.13. The second-order valence-electron chi connectivity index (χ2n) is 4.37. The Morgan fingerprint density at radius 1 is 1.10 bits per heavy atom. The Bertz CT molecular complexity index is 886. The number of hydrogen-bond donors (Lipinski definition) is 0. The predicted octanol–water partition coefficient (Wildman–Crippen LogP) is 3.19. The lowest BCUT2D eigenvalue weighted by atomic mass is 10.2. The summed E-state index contributed by atoms with van der Waals surface area (Å²) >= 11 is 2.05. The second-order valence-corrected chi connectivity index (χ2v) is 7.18. The first-order valence-electron chi connectivity index (χ1n) is 5.95. The SMILES string of the molecule is Cc1c(I)n(S(=O)(=O)c2ccccc2)c2ncccc12. The largest absolute Gasteiger partial charge is 0.270 e. The fourth-order valence-corrected chi connectivity index (χ4v) is 4.86. The zero-order valence-electron chi connectivity index (χ0n) is 10.6. The van der Waals surface area contributed by atoms with Gasteiger partial charge in [-0.15, -0.1) is 0 Å². The van der Waals surface area contributed by atoms with E-state index < -0.39 is 10.0 Å². The molecule has 0 radical (unpaired) electrons. The van der Waals surface area contributed by atoms with Crippen LogP contribution in [-0.4, -0.2) is 17.4 Å². The van der Waals surface area contributed by atoms with E-state index in [-0.39, 0.29) is 4.90 Å². The third kappa shape index (κ3) is 1.94. The summed E-state index contributed by atoms with van der Waals surface area (Å²) in [5, 5.41) is 0.858. The molecule has 3 rings (SSSR count). The number of hydrogen-bond acceptors (Lipinski definition) is 3. The molecule has 102 valence electrons. The van der Waals surface area contributed by atoms with Gasteiger partial charge in [0.2, 0.25) is 0 Å². The zero-order valence-corrected chi connectivity index (χ0v) is 13.6. The fraction of sp³-hybridized carbons (Fsp3) is 0.0714. The number of fused-ring (bicyclic) bond motifs is 1. The first-order valence-corrected chi connectivity index (χ1v) is 8.47.